The third-order valence-electron chi connectivity index (χ3n) is 5.92. The highest BCUT2D eigenvalue weighted by molar-refractivity contribution is 5.91. The summed E-state index contributed by atoms with van der Waals surface area (Å²) in [5.41, 5.74) is 13.1. The largest absolute Gasteiger partial charge is 0.504 e. The molecule has 0 fully saturated rings. The third-order valence-corrected chi connectivity index (χ3v) is 5.92. The Balaban J connectivity index is 1.30. The number of rotatable bonds is 4. The Hall–Kier alpha value is -4.50. The predicted octanol–water partition coefficient (Wildman–Crippen LogP) is 3.09. The van der Waals surface area contributed by atoms with Gasteiger partial charge in [0.25, 0.3) is 5.91 Å². The number of H-pyrrole nitrogens is 2. The van der Waals surface area contributed by atoms with Crippen LogP contribution in [-0.2, 0) is 13.1 Å². The minimum Gasteiger partial charge on any atom is -0.504 e. The Morgan fingerprint density at radius 2 is 1.70 bits per heavy atom. The van der Waals surface area contributed by atoms with Gasteiger partial charge in [0.2, 0.25) is 0 Å². The van der Waals surface area contributed by atoms with Gasteiger partial charge in [-0.25, -0.2) is 4.98 Å². The van der Waals surface area contributed by atoms with Gasteiger partial charge in [0.1, 0.15) is 17.1 Å². The fraction of sp³-hybridized carbons (Fsp3) is 0.0833. The molecule has 5 aromatic rings. The molecule has 6 rings (SSSR count). The second-order valence-electron chi connectivity index (χ2n) is 8.00. The molecule has 0 bridgehead atoms. The van der Waals surface area contributed by atoms with Crippen LogP contribution in [0.4, 0.5) is 0 Å². The summed E-state index contributed by atoms with van der Waals surface area (Å²) in [6.45, 7) is 1.69. The number of nitrogens with two attached hydrogens (primary N) is 1. The topological polar surface area (TPSA) is 146 Å². The lowest BCUT2D eigenvalue weighted by Crippen LogP contribution is -2.12. The maximum atomic E-state index is 11.2. The number of hydrogen-bond donors (Lipinski definition) is 5. The molecule has 1 aliphatic rings. The monoisotopic (exact) mass is 437 g/mol. The van der Waals surface area contributed by atoms with Crippen LogP contribution in [0.15, 0.2) is 54.7 Å². The molecule has 0 unspecified atom stereocenters. The molecule has 0 saturated carbocycles. The fourth-order valence-electron chi connectivity index (χ4n) is 4.16. The number of primary amides is 1. The van der Waals surface area contributed by atoms with Gasteiger partial charge >= 0.3 is 0 Å². The van der Waals surface area contributed by atoms with Crippen LogP contribution in [0.2, 0.25) is 0 Å². The number of pyridine rings is 1. The lowest BCUT2D eigenvalue weighted by Gasteiger charge is -2.04. The molecule has 6 N–H and O–H groups in total. The summed E-state index contributed by atoms with van der Waals surface area (Å²) < 4.78 is 0. The van der Waals surface area contributed by atoms with E-state index in [1.807, 2.05) is 24.3 Å². The highest BCUT2D eigenvalue weighted by Gasteiger charge is 2.20. The number of aromatic hydroxyl groups is 1. The van der Waals surface area contributed by atoms with Crippen molar-refractivity contribution >= 4 is 16.9 Å². The molecule has 2 aromatic carbocycles. The van der Waals surface area contributed by atoms with E-state index < -0.39 is 5.91 Å². The fourth-order valence-corrected chi connectivity index (χ4v) is 4.16. The van der Waals surface area contributed by atoms with Crippen LogP contribution < -0.4 is 11.1 Å². The lowest BCUT2D eigenvalue weighted by molar-refractivity contribution is 0.0995. The highest BCUT2D eigenvalue weighted by atomic mass is 16.3. The van der Waals surface area contributed by atoms with E-state index in [9.17, 15) is 9.90 Å². The highest BCUT2D eigenvalue weighted by Crippen LogP contribution is 2.36. The number of carbonyl (C=O) groups excluding carboxylic acids is 1. The van der Waals surface area contributed by atoms with Gasteiger partial charge in [-0.2, -0.15) is 5.10 Å². The summed E-state index contributed by atoms with van der Waals surface area (Å²) in [7, 11) is 0. The van der Waals surface area contributed by atoms with Gasteiger partial charge in [-0.1, -0.05) is 30.3 Å². The molecule has 1 aliphatic heterocycles. The number of aromatic amines is 2. The summed E-state index contributed by atoms with van der Waals surface area (Å²) in [5.74, 6) is 0.00545. The molecule has 9 nitrogen and oxygen atoms in total. The SMILES string of the molecule is NC(=O)c1ccc(-c2ccc(-c3n[nH]c(-c4nc5cc6c(cc5[nH]4)CNC6)c3O)cc2)cn1. The zero-order valence-corrected chi connectivity index (χ0v) is 17.4. The Morgan fingerprint density at radius 1 is 0.970 bits per heavy atom. The van der Waals surface area contributed by atoms with E-state index >= 15 is 0 Å². The number of fused-ring (bicyclic) bond motifs is 2. The van der Waals surface area contributed by atoms with Gasteiger partial charge < -0.3 is 21.1 Å². The molecule has 1 amide bonds. The standard InChI is InChI=1S/C24H19N7O2/c25-23(33)17-6-5-14(11-27-17)12-1-3-13(4-2-12)20-22(32)21(31-30-20)24-28-18-7-15-9-26-10-16(15)8-19(18)29-24/h1-8,11,26,32H,9-10H2,(H2,25,33)(H,28,29)(H,30,31). The molecule has 0 radical (unpaired) electrons. The second kappa shape index (κ2) is 7.28. The minimum absolute atomic E-state index is 0.0310. The number of benzene rings is 2. The van der Waals surface area contributed by atoms with Crippen molar-refractivity contribution in [3.63, 3.8) is 0 Å². The minimum atomic E-state index is -0.563. The van der Waals surface area contributed by atoms with Crippen LogP contribution in [-0.4, -0.2) is 36.2 Å². The van der Waals surface area contributed by atoms with Crippen LogP contribution >= 0.6 is 0 Å². The molecular weight excluding hydrogens is 418 g/mol. The summed E-state index contributed by atoms with van der Waals surface area (Å²) in [5, 5.41) is 21.4. The first-order chi connectivity index (χ1) is 16.1. The van der Waals surface area contributed by atoms with E-state index in [4.69, 9.17) is 5.73 Å². The second-order valence-corrected chi connectivity index (χ2v) is 8.00. The number of amides is 1. The summed E-state index contributed by atoms with van der Waals surface area (Å²) >= 11 is 0. The van der Waals surface area contributed by atoms with Crippen LogP contribution in [0.1, 0.15) is 21.6 Å². The number of nitrogens with one attached hydrogen (secondary N) is 3. The number of aromatic nitrogens is 5. The van der Waals surface area contributed by atoms with Crippen LogP contribution in [0.25, 0.3) is 44.9 Å². The maximum Gasteiger partial charge on any atom is 0.267 e. The summed E-state index contributed by atoms with van der Waals surface area (Å²) in [4.78, 5) is 23.2. The lowest BCUT2D eigenvalue weighted by atomic mass is 10.0. The van der Waals surface area contributed by atoms with Gasteiger partial charge in [-0.15, -0.1) is 0 Å². The number of imidazole rings is 1. The molecule has 4 heterocycles. The number of hydrogen-bond acceptors (Lipinski definition) is 6. The van der Waals surface area contributed by atoms with E-state index in [0.29, 0.717) is 17.2 Å². The number of carbonyl (C=O) groups is 1. The molecule has 0 aliphatic carbocycles. The van der Waals surface area contributed by atoms with E-state index in [0.717, 1.165) is 40.8 Å². The number of nitrogens with zero attached hydrogens (tertiary/aromatic N) is 3. The normalized spacial score (nSPS) is 12.8. The van der Waals surface area contributed by atoms with E-state index in [1.165, 1.54) is 11.1 Å². The van der Waals surface area contributed by atoms with Crippen LogP contribution in [0, 0.1) is 0 Å². The van der Waals surface area contributed by atoms with Gasteiger partial charge in [0.15, 0.2) is 11.6 Å². The van der Waals surface area contributed by atoms with Crippen molar-refractivity contribution in [1.82, 2.24) is 30.5 Å². The van der Waals surface area contributed by atoms with Crippen molar-refractivity contribution in [2.24, 2.45) is 5.73 Å². The first kappa shape index (κ1) is 19.2. The van der Waals surface area contributed by atoms with E-state index in [-0.39, 0.29) is 11.4 Å². The molecule has 3 aromatic heterocycles. The molecule has 9 heteroatoms. The van der Waals surface area contributed by atoms with Gasteiger partial charge in [0.05, 0.1) is 11.0 Å². The average molecular weight is 437 g/mol. The first-order valence-electron chi connectivity index (χ1n) is 10.4. The molecule has 0 spiro atoms. The van der Waals surface area contributed by atoms with Crippen molar-refractivity contribution in [2.45, 2.75) is 13.1 Å². The maximum absolute atomic E-state index is 11.2. The Bertz CT molecular complexity index is 1470. The van der Waals surface area contributed by atoms with Crippen molar-refractivity contribution in [3.8, 4) is 39.7 Å². The van der Waals surface area contributed by atoms with Crippen molar-refractivity contribution in [2.75, 3.05) is 0 Å². The van der Waals surface area contributed by atoms with Crippen LogP contribution in [0.3, 0.4) is 0 Å². The van der Waals surface area contributed by atoms with E-state index in [2.05, 4.69) is 42.6 Å². The third kappa shape index (κ3) is 3.22. The zero-order chi connectivity index (χ0) is 22.5. The molecular formula is C24H19N7O2. The Labute approximate surface area is 187 Å². The Kier molecular flexibility index (Phi) is 4.24. The molecule has 0 atom stereocenters. The smallest absolute Gasteiger partial charge is 0.267 e. The Morgan fingerprint density at radius 3 is 2.42 bits per heavy atom. The molecule has 162 valence electrons. The van der Waals surface area contributed by atoms with Crippen molar-refractivity contribution in [3.05, 3.63) is 71.5 Å². The van der Waals surface area contributed by atoms with Crippen molar-refractivity contribution in [1.29, 1.82) is 0 Å². The van der Waals surface area contributed by atoms with Crippen LogP contribution in [0.5, 0.6) is 5.75 Å². The van der Waals surface area contributed by atoms with E-state index in [1.54, 1.807) is 18.3 Å². The summed E-state index contributed by atoms with van der Waals surface area (Å²) in [6, 6.07) is 15.1. The molecule has 0 saturated heterocycles. The van der Waals surface area contributed by atoms with Gasteiger partial charge in [-0.3, -0.25) is 14.9 Å². The van der Waals surface area contributed by atoms with Gasteiger partial charge in [-0.05, 0) is 34.9 Å². The van der Waals surface area contributed by atoms with Crippen molar-refractivity contribution < 1.29 is 9.90 Å². The zero-order valence-electron chi connectivity index (χ0n) is 17.4. The predicted molar refractivity (Wildman–Crippen MR) is 123 cm³/mol. The average Bonchev–Trinajstić information content (AvgIpc) is 3.55. The van der Waals surface area contributed by atoms with Gasteiger partial charge in [0, 0.05) is 30.4 Å². The quantitative estimate of drug-likeness (QED) is 0.292. The molecule has 33 heavy (non-hydrogen) atoms. The summed E-state index contributed by atoms with van der Waals surface area (Å²) in [6.07, 6.45) is 1.60. The first-order valence-corrected chi connectivity index (χ1v) is 10.4.